The Kier molecular flexibility index (Phi) is 11.2. The van der Waals surface area contributed by atoms with Gasteiger partial charge in [0, 0.05) is 22.6 Å². The maximum atomic E-state index is 14.2. The lowest BCUT2D eigenvalue weighted by atomic mass is 10.1. The Balaban J connectivity index is 2.09. The third-order valence-corrected chi connectivity index (χ3v) is 9.23. The monoisotopic (exact) mass is 617 g/mol. The Bertz CT molecular complexity index is 1460. The Labute approximate surface area is 253 Å². The Morgan fingerprint density at radius 2 is 1.49 bits per heavy atom. The van der Waals surface area contributed by atoms with E-state index in [1.807, 2.05) is 27.7 Å². The number of nitrogens with one attached hydrogen (secondary N) is 1. The molecule has 1 N–H and O–H groups in total. The summed E-state index contributed by atoms with van der Waals surface area (Å²) in [4.78, 5) is 29.0. The fourth-order valence-electron chi connectivity index (χ4n) is 4.40. The predicted octanol–water partition coefficient (Wildman–Crippen LogP) is 6.53. The smallest absolute Gasteiger partial charge is 0.264 e. The number of hydrogen-bond donors (Lipinski definition) is 1. The van der Waals surface area contributed by atoms with Gasteiger partial charge in [-0.1, -0.05) is 66.9 Å². The molecular formula is C31H37Cl2N3O4S. The van der Waals surface area contributed by atoms with E-state index in [-0.39, 0.29) is 23.4 Å². The number of sulfonamides is 1. The van der Waals surface area contributed by atoms with Crippen LogP contribution in [0.5, 0.6) is 0 Å². The van der Waals surface area contributed by atoms with Crippen LogP contribution in [0.3, 0.4) is 0 Å². The van der Waals surface area contributed by atoms with E-state index in [0.717, 1.165) is 21.9 Å². The van der Waals surface area contributed by atoms with Crippen molar-refractivity contribution in [2.24, 2.45) is 0 Å². The zero-order valence-corrected chi connectivity index (χ0v) is 26.4. The van der Waals surface area contributed by atoms with Crippen LogP contribution in [0.25, 0.3) is 0 Å². The predicted molar refractivity (Wildman–Crippen MR) is 166 cm³/mol. The van der Waals surface area contributed by atoms with Crippen molar-refractivity contribution >= 4 is 50.7 Å². The lowest BCUT2D eigenvalue weighted by molar-refractivity contribution is -0.140. The molecule has 0 saturated heterocycles. The molecule has 7 nitrogen and oxygen atoms in total. The van der Waals surface area contributed by atoms with E-state index < -0.39 is 28.5 Å². The van der Waals surface area contributed by atoms with E-state index in [2.05, 4.69) is 5.32 Å². The standard InChI is InChI=1S/C31H37Cl2N3O4S/c1-6-23(5)34-31(38)28(7-2)35(19-24-10-12-25(32)13-11-24)30(37)20-36(29-17-14-26(33)18-22(29)4)41(39,40)27-15-8-21(3)9-16-27/h8-18,23,28H,6-7,19-20H2,1-5H3,(H,34,38)/t23-,28+/m0/s1. The van der Waals surface area contributed by atoms with Crippen molar-refractivity contribution in [1.82, 2.24) is 10.2 Å². The zero-order valence-electron chi connectivity index (χ0n) is 24.0. The summed E-state index contributed by atoms with van der Waals surface area (Å²) in [6, 6.07) is 17.4. The van der Waals surface area contributed by atoms with Gasteiger partial charge in [-0.2, -0.15) is 0 Å². The second-order valence-corrected chi connectivity index (χ2v) is 12.9. The van der Waals surface area contributed by atoms with Crippen LogP contribution >= 0.6 is 23.2 Å². The summed E-state index contributed by atoms with van der Waals surface area (Å²) >= 11 is 12.3. The minimum Gasteiger partial charge on any atom is -0.352 e. The summed E-state index contributed by atoms with van der Waals surface area (Å²) in [5.74, 6) is -0.809. The molecule has 0 fully saturated rings. The van der Waals surface area contributed by atoms with Crippen molar-refractivity contribution in [3.8, 4) is 0 Å². The number of rotatable bonds is 12. The molecule has 0 aromatic heterocycles. The van der Waals surface area contributed by atoms with Gasteiger partial charge >= 0.3 is 0 Å². The van der Waals surface area contributed by atoms with Gasteiger partial charge in [0.1, 0.15) is 12.6 Å². The quantitative estimate of drug-likeness (QED) is 0.250. The van der Waals surface area contributed by atoms with Crippen molar-refractivity contribution in [2.45, 2.75) is 71.0 Å². The SMILES string of the molecule is CC[C@H](C(=O)N[C@@H](C)CC)N(Cc1ccc(Cl)cc1)C(=O)CN(c1ccc(Cl)cc1C)S(=O)(=O)c1ccc(C)cc1. The van der Waals surface area contributed by atoms with Crippen molar-refractivity contribution in [2.75, 3.05) is 10.8 Å². The molecule has 3 aromatic carbocycles. The minimum atomic E-state index is -4.16. The normalized spacial score (nSPS) is 12.9. The molecule has 0 radical (unpaired) electrons. The first-order valence-corrected chi connectivity index (χ1v) is 15.8. The second-order valence-electron chi connectivity index (χ2n) is 10.1. The lowest BCUT2D eigenvalue weighted by Gasteiger charge is -2.34. The molecule has 220 valence electrons. The maximum Gasteiger partial charge on any atom is 0.264 e. The Morgan fingerprint density at radius 1 is 0.878 bits per heavy atom. The third kappa shape index (κ3) is 8.24. The average Bonchev–Trinajstić information content (AvgIpc) is 2.93. The fraction of sp³-hybridized carbons (Fsp3) is 0.355. The molecule has 0 spiro atoms. The Morgan fingerprint density at radius 3 is 2.05 bits per heavy atom. The van der Waals surface area contributed by atoms with Gasteiger partial charge in [-0.15, -0.1) is 0 Å². The highest BCUT2D eigenvalue weighted by molar-refractivity contribution is 7.92. The highest BCUT2D eigenvalue weighted by Crippen LogP contribution is 2.30. The molecule has 2 atom stereocenters. The van der Waals surface area contributed by atoms with Gasteiger partial charge < -0.3 is 10.2 Å². The molecule has 3 rings (SSSR count). The van der Waals surface area contributed by atoms with Gasteiger partial charge in [0.25, 0.3) is 10.0 Å². The number of nitrogens with zero attached hydrogens (tertiary/aromatic N) is 2. The van der Waals surface area contributed by atoms with Crippen LogP contribution in [-0.2, 0) is 26.2 Å². The first kappa shape index (κ1) is 32.4. The summed E-state index contributed by atoms with van der Waals surface area (Å²) in [6.07, 6.45) is 1.07. The number of anilines is 1. The van der Waals surface area contributed by atoms with Crippen LogP contribution < -0.4 is 9.62 Å². The fourth-order valence-corrected chi connectivity index (χ4v) is 6.23. The molecule has 0 bridgehead atoms. The first-order chi connectivity index (χ1) is 19.4. The van der Waals surface area contributed by atoms with Crippen LogP contribution in [0.4, 0.5) is 5.69 Å². The summed E-state index contributed by atoms with van der Waals surface area (Å²) in [5, 5.41) is 3.96. The molecule has 0 saturated carbocycles. The Hall–Kier alpha value is -3.07. The number of aryl methyl sites for hydroxylation is 2. The summed E-state index contributed by atoms with van der Waals surface area (Å²) in [5.41, 5.74) is 2.58. The highest BCUT2D eigenvalue weighted by Gasteiger charge is 2.34. The van der Waals surface area contributed by atoms with Gasteiger partial charge in [-0.3, -0.25) is 13.9 Å². The topological polar surface area (TPSA) is 86.8 Å². The van der Waals surface area contributed by atoms with Gasteiger partial charge in [0.15, 0.2) is 0 Å². The van der Waals surface area contributed by atoms with Gasteiger partial charge in [0.2, 0.25) is 11.8 Å². The molecule has 0 heterocycles. The third-order valence-electron chi connectivity index (χ3n) is 6.97. The molecule has 0 aliphatic heterocycles. The number of benzene rings is 3. The van der Waals surface area contributed by atoms with Gasteiger partial charge in [0.05, 0.1) is 10.6 Å². The van der Waals surface area contributed by atoms with E-state index in [0.29, 0.717) is 27.7 Å². The first-order valence-electron chi connectivity index (χ1n) is 13.6. The summed E-state index contributed by atoms with van der Waals surface area (Å²) in [6.45, 7) is 8.88. The summed E-state index contributed by atoms with van der Waals surface area (Å²) in [7, 11) is -4.16. The maximum absolute atomic E-state index is 14.2. The van der Waals surface area contributed by atoms with Gasteiger partial charge in [-0.05, 0) is 87.2 Å². The van der Waals surface area contributed by atoms with Crippen molar-refractivity contribution in [1.29, 1.82) is 0 Å². The highest BCUT2D eigenvalue weighted by atomic mass is 35.5. The lowest BCUT2D eigenvalue weighted by Crippen LogP contribution is -2.53. The van der Waals surface area contributed by atoms with Crippen LogP contribution in [0, 0.1) is 13.8 Å². The van der Waals surface area contributed by atoms with E-state index in [1.54, 1.807) is 61.5 Å². The van der Waals surface area contributed by atoms with Crippen LogP contribution in [0.1, 0.15) is 50.3 Å². The number of halogens is 2. The molecule has 0 aliphatic carbocycles. The second kappa shape index (κ2) is 14.2. The zero-order chi connectivity index (χ0) is 30.3. The van der Waals surface area contributed by atoms with Crippen LogP contribution in [-0.4, -0.2) is 43.8 Å². The number of carbonyl (C=O) groups is 2. The molecule has 10 heteroatoms. The van der Waals surface area contributed by atoms with Crippen molar-refractivity contribution in [3.63, 3.8) is 0 Å². The number of hydrogen-bond acceptors (Lipinski definition) is 4. The van der Waals surface area contributed by atoms with E-state index in [9.17, 15) is 18.0 Å². The molecule has 0 aliphatic rings. The summed E-state index contributed by atoms with van der Waals surface area (Å²) < 4.78 is 29.1. The largest absolute Gasteiger partial charge is 0.352 e. The average molecular weight is 619 g/mol. The molecule has 0 unspecified atom stereocenters. The van der Waals surface area contributed by atoms with E-state index in [4.69, 9.17) is 23.2 Å². The van der Waals surface area contributed by atoms with E-state index in [1.165, 1.54) is 17.0 Å². The minimum absolute atomic E-state index is 0.0519. The van der Waals surface area contributed by atoms with Crippen LogP contribution in [0.15, 0.2) is 71.6 Å². The molecule has 3 aromatic rings. The molecular weight excluding hydrogens is 581 g/mol. The molecule has 2 amide bonds. The van der Waals surface area contributed by atoms with Crippen molar-refractivity contribution in [3.05, 3.63) is 93.5 Å². The molecule has 41 heavy (non-hydrogen) atoms. The number of amides is 2. The van der Waals surface area contributed by atoms with E-state index >= 15 is 0 Å². The van der Waals surface area contributed by atoms with Gasteiger partial charge in [-0.25, -0.2) is 8.42 Å². The number of carbonyl (C=O) groups excluding carboxylic acids is 2. The van der Waals surface area contributed by atoms with Crippen molar-refractivity contribution < 1.29 is 18.0 Å². The van der Waals surface area contributed by atoms with Crippen LogP contribution in [0.2, 0.25) is 10.0 Å².